The van der Waals surface area contributed by atoms with Crippen molar-refractivity contribution in [1.82, 2.24) is 18.9 Å². The van der Waals surface area contributed by atoms with Crippen LogP contribution in [0.2, 0.25) is 0 Å². The molecule has 1 saturated heterocycles. The van der Waals surface area contributed by atoms with Crippen LogP contribution in [0.4, 0.5) is 36.7 Å². The van der Waals surface area contributed by atoms with Crippen LogP contribution in [0.3, 0.4) is 0 Å². The second kappa shape index (κ2) is 8.28. The van der Waals surface area contributed by atoms with Gasteiger partial charge in [0.05, 0.1) is 41.2 Å². The highest BCUT2D eigenvalue weighted by atomic mass is 32.2. The first-order chi connectivity index (χ1) is 15.1. The summed E-state index contributed by atoms with van der Waals surface area (Å²) in [5.41, 5.74) is -4.73. The van der Waals surface area contributed by atoms with Gasteiger partial charge in [0, 0.05) is 13.1 Å². The summed E-state index contributed by atoms with van der Waals surface area (Å²) in [4.78, 5) is 3.66. The van der Waals surface area contributed by atoms with Gasteiger partial charge in [-0.25, -0.2) is 22.3 Å². The molecule has 0 aliphatic carbocycles. The van der Waals surface area contributed by atoms with Crippen LogP contribution >= 0.6 is 0 Å². The number of halogens is 7. The first-order valence-corrected chi connectivity index (χ1v) is 11.2. The van der Waals surface area contributed by atoms with Crippen LogP contribution in [-0.4, -0.2) is 65.1 Å². The van der Waals surface area contributed by atoms with Gasteiger partial charge >= 0.3 is 12.4 Å². The molecule has 1 fully saturated rings. The van der Waals surface area contributed by atoms with Gasteiger partial charge in [-0.3, -0.25) is 0 Å². The minimum absolute atomic E-state index is 0.0512. The molecule has 0 bridgehead atoms. The third-order valence-electron chi connectivity index (χ3n) is 5.31. The first kappa shape index (κ1) is 25.0. The molecule has 0 amide bonds. The van der Waals surface area contributed by atoms with E-state index in [0.717, 1.165) is 10.6 Å². The minimum atomic E-state index is -5.17. The predicted molar refractivity (Wildman–Crippen MR) is 101 cm³/mol. The number of fused-ring (bicyclic) bond motifs is 1. The van der Waals surface area contributed by atoms with Gasteiger partial charge in [0.15, 0.2) is 0 Å². The van der Waals surface area contributed by atoms with Crippen LogP contribution in [0.15, 0.2) is 6.20 Å². The van der Waals surface area contributed by atoms with Crippen LogP contribution in [0.5, 0.6) is 0 Å². The molecular formula is C17H17F7N6O2S. The second-order valence-corrected chi connectivity index (χ2v) is 9.55. The average molecular weight is 502 g/mol. The Bertz CT molecular complexity index is 1200. The maximum absolute atomic E-state index is 14.5. The Kier molecular flexibility index (Phi) is 6.26. The summed E-state index contributed by atoms with van der Waals surface area (Å²) in [6.45, 7) is 0.0434. The zero-order valence-electron chi connectivity index (χ0n) is 17.0. The van der Waals surface area contributed by atoms with Gasteiger partial charge in [0.1, 0.15) is 17.8 Å². The van der Waals surface area contributed by atoms with Crippen LogP contribution in [-0.2, 0) is 16.2 Å². The lowest BCUT2D eigenvalue weighted by Crippen LogP contribution is -2.49. The Balaban J connectivity index is 2.06. The Hall–Kier alpha value is -2.67. The maximum atomic E-state index is 14.5. The summed E-state index contributed by atoms with van der Waals surface area (Å²) in [7, 11) is -3.65. The average Bonchev–Trinajstić information content (AvgIpc) is 3.01. The van der Waals surface area contributed by atoms with Crippen molar-refractivity contribution in [2.75, 3.05) is 24.7 Å². The van der Waals surface area contributed by atoms with E-state index in [2.05, 4.69) is 15.4 Å². The molecule has 182 valence electrons. The van der Waals surface area contributed by atoms with Crippen molar-refractivity contribution < 1.29 is 39.2 Å². The van der Waals surface area contributed by atoms with Crippen LogP contribution in [0.1, 0.15) is 36.1 Å². The number of rotatable bonds is 4. The van der Waals surface area contributed by atoms with Crippen LogP contribution < -0.4 is 5.32 Å². The number of nitrogens with one attached hydrogen (secondary N) is 1. The third-order valence-corrected chi connectivity index (χ3v) is 6.58. The van der Waals surface area contributed by atoms with Gasteiger partial charge in [0.2, 0.25) is 16.0 Å². The van der Waals surface area contributed by atoms with Crippen molar-refractivity contribution in [3.63, 3.8) is 0 Å². The zero-order chi connectivity index (χ0) is 24.9. The molecule has 3 atom stereocenters. The zero-order valence-corrected chi connectivity index (χ0v) is 17.9. The fourth-order valence-electron chi connectivity index (χ4n) is 3.60. The summed E-state index contributed by atoms with van der Waals surface area (Å²) in [6, 6.07) is 0.144. The molecule has 1 N–H and O–H groups in total. The molecule has 8 nitrogen and oxygen atoms in total. The number of alkyl halides is 7. The van der Waals surface area contributed by atoms with Gasteiger partial charge in [-0.1, -0.05) is 0 Å². The van der Waals surface area contributed by atoms with Gasteiger partial charge < -0.3 is 5.32 Å². The predicted octanol–water partition coefficient (Wildman–Crippen LogP) is 3.07. The van der Waals surface area contributed by atoms with Gasteiger partial charge in [-0.05, 0) is 13.3 Å². The number of hydrogen-bond acceptors (Lipinski definition) is 6. The molecule has 0 radical (unpaired) electrons. The van der Waals surface area contributed by atoms with E-state index < -0.39 is 75.3 Å². The van der Waals surface area contributed by atoms with E-state index in [-0.39, 0.29) is 13.0 Å². The molecule has 1 aliphatic heterocycles. The van der Waals surface area contributed by atoms with Crippen LogP contribution in [0, 0.1) is 11.3 Å². The van der Waals surface area contributed by atoms with E-state index in [1.165, 1.54) is 6.07 Å². The molecule has 3 heterocycles. The number of aromatic nitrogens is 3. The number of nitriles is 1. The smallest absolute Gasteiger partial charge is 0.347 e. The summed E-state index contributed by atoms with van der Waals surface area (Å²) in [5.74, 6) is -2.96. The molecule has 1 unspecified atom stereocenters. The monoisotopic (exact) mass is 502 g/mol. The number of piperidine rings is 1. The topological polar surface area (TPSA) is 103 Å². The van der Waals surface area contributed by atoms with Crippen LogP contribution in [0.25, 0.3) is 5.52 Å². The van der Waals surface area contributed by atoms with E-state index in [0.29, 0.717) is 17.6 Å². The van der Waals surface area contributed by atoms with Crippen molar-refractivity contribution in [2.24, 2.45) is 0 Å². The minimum Gasteiger partial charge on any atom is -0.347 e. The van der Waals surface area contributed by atoms with Crippen molar-refractivity contribution in [3.05, 3.63) is 23.0 Å². The molecule has 33 heavy (non-hydrogen) atoms. The van der Waals surface area contributed by atoms with Gasteiger partial charge in [-0.2, -0.15) is 35.9 Å². The van der Waals surface area contributed by atoms with Crippen molar-refractivity contribution in [1.29, 1.82) is 5.26 Å². The SMILES string of the molecule is CC(c1c(C#N)c(C(F)(F)F)c2cnc(N[C@@H]3CCN(S(C)(=O)=O)C[C@H]3F)nn12)C(F)(F)F. The fraction of sp³-hybridized carbons (Fsp3) is 0.588. The molecular weight excluding hydrogens is 485 g/mol. The molecule has 0 aromatic carbocycles. The normalized spacial score (nSPS) is 21.7. The highest BCUT2D eigenvalue weighted by molar-refractivity contribution is 7.88. The molecule has 2 aromatic rings. The fourth-order valence-corrected chi connectivity index (χ4v) is 4.45. The van der Waals surface area contributed by atoms with Crippen molar-refractivity contribution >= 4 is 21.5 Å². The summed E-state index contributed by atoms with van der Waals surface area (Å²) in [6.07, 6.45) is -10.4. The third kappa shape index (κ3) is 4.83. The second-order valence-electron chi connectivity index (χ2n) is 7.56. The maximum Gasteiger partial charge on any atom is 0.419 e. The molecule has 16 heteroatoms. The van der Waals surface area contributed by atoms with E-state index in [1.54, 1.807) is 0 Å². The molecule has 1 aliphatic rings. The van der Waals surface area contributed by atoms with E-state index in [9.17, 15) is 44.4 Å². The van der Waals surface area contributed by atoms with Crippen molar-refractivity contribution in [3.8, 4) is 6.07 Å². The molecule has 0 saturated carbocycles. The highest BCUT2D eigenvalue weighted by Crippen LogP contribution is 2.43. The Morgan fingerprint density at radius 1 is 1.27 bits per heavy atom. The Morgan fingerprint density at radius 3 is 2.39 bits per heavy atom. The van der Waals surface area contributed by atoms with Gasteiger partial charge in [-0.15, -0.1) is 5.10 Å². The lowest BCUT2D eigenvalue weighted by atomic mass is 10.0. The summed E-state index contributed by atoms with van der Waals surface area (Å²) < 4.78 is 120. The molecule has 2 aromatic heterocycles. The number of hydrogen-bond donors (Lipinski definition) is 1. The molecule has 0 spiro atoms. The largest absolute Gasteiger partial charge is 0.419 e. The van der Waals surface area contributed by atoms with E-state index in [4.69, 9.17) is 0 Å². The standard InChI is InChI=1S/C17H17F7N6O2S/c1-8(16(19,20)21)14-9(5-25)13(17(22,23)24)12-6-26-15(28-30(12)14)27-11-3-4-29(7-10(11)18)33(2,31)32/h6,8,10-11H,3-4,7H2,1-2H3,(H,27,28)/t8?,10-,11-/m1/s1. The highest BCUT2D eigenvalue weighted by Gasteiger charge is 2.46. The summed E-state index contributed by atoms with van der Waals surface area (Å²) in [5, 5.41) is 15.4. The number of nitrogens with zero attached hydrogens (tertiary/aromatic N) is 5. The number of sulfonamides is 1. The Labute approximate surface area is 183 Å². The Morgan fingerprint density at radius 2 is 1.91 bits per heavy atom. The van der Waals surface area contributed by atoms with E-state index in [1.807, 2.05) is 0 Å². The van der Waals surface area contributed by atoms with Gasteiger partial charge in [0.25, 0.3) is 0 Å². The van der Waals surface area contributed by atoms with Crippen molar-refractivity contribution in [2.45, 2.75) is 43.8 Å². The number of anilines is 1. The lowest BCUT2D eigenvalue weighted by molar-refractivity contribution is -0.148. The first-order valence-electron chi connectivity index (χ1n) is 9.37. The quantitative estimate of drug-likeness (QED) is 0.645. The molecule has 3 rings (SSSR count). The summed E-state index contributed by atoms with van der Waals surface area (Å²) >= 11 is 0. The lowest BCUT2D eigenvalue weighted by Gasteiger charge is -2.33. The van der Waals surface area contributed by atoms with E-state index >= 15 is 0 Å².